The third-order valence-electron chi connectivity index (χ3n) is 6.68. The molecule has 2 aromatic rings. The Labute approximate surface area is 167 Å². The van der Waals surface area contributed by atoms with Crippen LogP contribution in [0.5, 0.6) is 0 Å². The predicted molar refractivity (Wildman–Crippen MR) is 111 cm³/mol. The summed E-state index contributed by atoms with van der Waals surface area (Å²) < 4.78 is 2.45. The first-order valence-corrected chi connectivity index (χ1v) is 10.9. The number of thiocarbonyl (C=S) groups is 1. The summed E-state index contributed by atoms with van der Waals surface area (Å²) in [5, 5.41) is 4.51. The summed E-state index contributed by atoms with van der Waals surface area (Å²) in [6, 6.07) is 10.1. The summed E-state index contributed by atoms with van der Waals surface area (Å²) in [6.45, 7) is 0. The summed E-state index contributed by atoms with van der Waals surface area (Å²) in [7, 11) is 0. The Balaban J connectivity index is 1.51. The molecule has 4 nitrogen and oxygen atoms in total. The average molecular weight is 381 g/mol. The monoisotopic (exact) mass is 380 g/mol. The molecule has 5 rings (SSSR count). The van der Waals surface area contributed by atoms with Crippen molar-refractivity contribution in [2.75, 3.05) is 0 Å². The van der Waals surface area contributed by atoms with Crippen LogP contribution < -0.4 is 5.32 Å². The van der Waals surface area contributed by atoms with Crippen LogP contribution in [0, 0.1) is 0 Å². The highest BCUT2D eigenvalue weighted by Gasteiger charge is 2.43. The molecule has 0 spiro atoms. The standard InChI is InChI=1S/C22H28N4S/c27-22-24-20(19-11-5-6-13-23-19)21(26(22)18-9-3-4-10-18)16-12-14-25(15-16)17-7-1-2-8-17/h5-6,11-15,17-18,20-21H,1-4,7-10H2,(H,24,27)/t20-,21-/m0/s1. The Kier molecular flexibility index (Phi) is 4.64. The van der Waals surface area contributed by atoms with Crippen molar-refractivity contribution in [1.29, 1.82) is 0 Å². The first kappa shape index (κ1) is 17.2. The molecule has 2 saturated carbocycles. The van der Waals surface area contributed by atoms with E-state index in [0.29, 0.717) is 12.1 Å². The van der Waals surface area contributed by atoms with E-state index in [1.807, 2.05) is 12.3 Å². The fourth-order valence-electron chi connectivity index (χ4n) is 5.33. The molecule has 3 heterocycles. The van der Waals surface area contributed by atoms with Crippen molar-refractivity contribution < 1.29 is 0 Å². The van der Waals surface area contributed by atoms with E-state index in [-0.39, 0.29) is 12.1 Å². The van der Waals surface area contributed by atoms with Gasteiger partial charge in [0.25, 0.3) is 0 Å². The number of nitrogens with zero attached hydrogens (tertiary/aromatic N) is 3. The highest BCUT2D eigenvalue weighted by atomic mass is 32.1. The summed E-state index contributed by atoms with van der Waals surface area (Å²) in [6.07, 6.45) is 17.0. The van der Waals surface area contributed by atoms with Crippen molar-refractivity contribution in [2.24, 2.45) is 0 Å². The van der Waals surface area contributed by atoms with Gasteiger partial charge >= 0.3 is 0 Å². The maximum atomic E-state index is 5.83. The lowest BCUT2D eigenvalue weighted by molar-refractivity contribution is 0.245. The van der Waals surface area contributed by atoms with Crippen LogP contribution in [0.3, 0.4) is 0 Å². The molecular formula is C22H28N4S. The molecule has 2 aliphatic carbocycles. The third kappa shape index (κ3) is 3.16. The van der Waals surface area contributed by atoms with Gasteiger partial charge in [-0.05, 0) is 61.7 Å². The van der Waals surface area contributed by atoms with Gasteiger partial charge in [0.2, 0.25) is 0 Å². The molecule has 5 heteroatoms. The lowest BCUT2D eigenvalue weighted by atomic mass is 9.97. The molecular weight excluding hydrogens is 352 g/mol. The van der Waals surface area contributed by atoms with E-state index in [4.69, 9.17) is 12.2 Å². The van der Waals surface area contributed by atoms with Gasteiger partial charge in [-0.15, -0.1) is 0 Å². The SMILES string of the molecule is S=C1N[C@@H](c2ccccn2)[C@H](c2ccn(C3CCCC3)c2)N1C1CCCC1. The molecule has 0 aromatic carbocycles. The second kappa shape index (κ2) is 7.27. The molecule has 1 N–H and O–H groups in total. The smallest absolute Gasteiger partial charge is 0.170 e. The maximum Gasteiger partial charge on any atom is 0.170 e. The fourth-order valence-corrected chi connectivity index (χ4v) is 5.72. The zero-order valence-electron chi connectivity index (χ0n) is 15.8. The highest BCUT2D eigenvalue weighted by Crippen LogP contribution is 2.43. The van der Waals surface area contributed by atoms with E-state index < -0.39 is 0 Å². The number of pyridine rings is 1. The molecule has 2 aromatic heterocycles. The normalized spacial score (nSPS) is 26.8. The summed E-state index contributed by atoms with van der Waals surface area (Å²) in [4.78, 5) is 7.16. The van der Waals surface area contributed by atoms with Gasteiger partial charge in [0, 0.05) is 30.7 Å². The zero-order valence-corrected chi connectivity index (χ0v) is 16.6. The van der Waals surface area contributed by atoms with Crippen LogP contribution in [0.25, 0.3) is 0 Å². The highest BCUT2D eigenvalue weighted by molar-refractivity contribution is 7.80. The molecule has 3 aliphatic rings. The van der Waals surface area contributed by atoms with Gasteiger partial charge in [0.1, 0.15) is 0 Å². The number of rotatable bonds is 4. The second-order valence-electron chi connectivity index (χ2n) is 8.30. The number of hydrogen-bond donors (Lipinski definition) is 1. The van der Waals surface area contributed by atoms with Gasteiger partial charge in [-0.2, -0.15) is 0 Å². The van der Waals surface area contributed by atoms with Crippen LogP contribution in [0.4, 0.5) is 0 Å². The van der Waals surface area contributed by atoms with Crippen molar-refractivity contribution >= 4 is 17.3 Å². The Morgan fingerprint density at radius 3 is 2.41 bits per heavy atom. The lowest BCUT2D eigenvalue weighted by Crippen LogP contribution is -2.37. The van der Waals surface area contributed by atoms with Crippen molar-refractivity contribution in [3.05, 3.63) is 54.1 Å². The number of hydrogen-bond acceptors (Lipinski definition) is 2. The van der Waals surface area contributed by atoms with Gasteiger partial charge in [-0.25, -0.2) is 0 Å². The quantitative estimate of drug-likeness (QED) is 0.764. The Morgan fingerprint density at radius 1 is 0.963 bits per heavy atom. The van der Waals surface area contributed by atoms with Gasteiger partial charge in [-0.1, -0.05) is 31.7 Å². The summed E-state index contributed by atoms with van der Waals surface area (Å²) in [5.74, 6) is 0. The lowest BCUT2D eigenvalue weighted by Gasteiger charge is -2.32. The van der Waals surface area contributed by atoms with E-state index in [9.17, 15) is 0 Å². The third-order valence-corrected chi connectivity index (χ3v) is 7.01. The molecule has 3 fully saturated rings. The van der Waals surface area contributed by atoms with Crippen molar-refractivity contribution in [3.63, 3.8) is 0 Å². The topological polar surface area (TPSA) is 33.1 Å². The Morgan fingerprint density at radius 2 is 1.70 bits per heavy atom. The van der Waals surface area contributed by atoms with Crippen molar-refractivity contribution in [2.45, 2.75) is 75.5 Å². The zero-order chi connectivity index (χ0) is 18.2. The number of aromatic nitrogens is 2. The molecule has 2 atom stereocenters. The minimum absolute atomic E-state index is 0.124. The van der Waals surface area contributed by atoms with E-state index in [1.54, 1.807) is 0 Å². The predicted octanol–water partition coefficient (Wildman–Crippen LogP) is 4.91. The first-order chi connectivity index (χ1) is 13.3. The average Bonchev–Trinajstić information content (AvgIpc) is 3.46. The molecule has 1 saturated heterocycles. The Hall–Kier alpha value is -1.88. The number of nitrogens with one attached hydrogen (secondary N) is 1. The van der Waals surface area contributed by atoms with Crippen LogP contribution in [-0.2, 0) is 0 Å². The molecule has 0 radical (unpaired) electrons. The van der Waals surface area contributed by atoms with E-state index in [0.717, 1.165) is 10.8 Å². The molecule has 27 heavy (non-hydrogen) atoms. The molecule has 0 unspecified atom stereocenters. The van der Waals surface area contributed by atoms with Crippen LogP contribution in [0.1, 0.15) is 80.7 Å². The van der Waals surface area contributed by atoms with Crippen LogP contribution >= 0.6 is 12.2 Å². The summed E-state index contributed by atoms with van der Waals surface area (Å²) in [5.41, 5.74) is 2.45. The molecule has 1 aliphatic heterocycles. The second-order valence-corrected chi connectivity index (χ2v) is 8.69. The maximum absolute atomic E-state index is 5.83. The van der Waals surface area contributed by atoms with E-state index >= 15 is 0 Å². The van der Waals surface area contributed by atoms with Crippen LogP contribution in [0.2, 0.25) is 0 Å². The van der Waals surface area contributed by atoms with Crippen molar-refractivity contribution in [3.8, 4) is 0 Å². The molecule has 0 amide bonds. The van der Waals surface area contributed by atoms with Gasteiger partial charge in [0.05, 0.1) is 17.8 Å². The largest absolute Gasteiger partial charge is 0.352 e. The van der Waals surface area contributed by atoms with Crippen LogP contribution in [-0.4, -0.2) is 25.6 Å². The first-order valence-electron chi connectivity index (χ1n) is 10.5. The minimum atomic E-state index is 0.124. The summed E-state index contributed by atoms with van der Waals surface area (Å²) >= 11 is 5.83. The fraction of sp³-hybridized carbons (Fsp3) is 0.545. The van der Waals surface area contributed by atoms with E-state index in [2.05, 4.69) is 50.4 Å². The van der Waals surface area contributed by atoms with Crippen molar-refractivity contribution in [1.82, 2.24) is 19.8 Å². The Bertz CT molecular complexity index is 790. The van der Waals surface area contributed by atoms with Gasteiger partial charge in [0.15, 0.2) is 5.11 Å². The van der Waals surface area contributed by atoms with Gasteiger partial charge < -0.3 is 14.8 Å². The minimum Gasteiger partial charge on any atom is -0.352 e. The van der Waals surface area contributed by atoms with Gasteiger partial charge in [-0.3, -0.25) is 4.98 Å². The van der Waals surface area contributed by atoms with Crippen LogP contribution in [0.15, 0.2) is 42.9 Å². The molecule has 0 bridgehead atoms. The molecule has 142 valence electrons. The van der Waals surface area contributed by atoms with E-state index in [1.165, 1.54) is 56.9 Å².